The molecule has 0 spiro atoms. The van der Waals surface area contributed by atoms with Gasteiger partial charge in [0.15, 0.2) is 0 Å². The molecule has 0 bridgehead atoms. The highest BCUT2D eigenvalue weighted by atomic mass is 19.1. The molecule has 1 aliphatic carbocycles. The number of amides is 2. The average Bonchev–Trinajstić information content (AvgIpc) is 3.43. The van der Waals surface area contributed by atoms with E-state index in [4.69, 9.17) is 0 Å². The van der Waals surface area contributed by atoms with E-state index in [1.807, 2.05) is 12.1 Å². The van der Waals surface area contributed by atoms with Crippen LogP contribution in [-0.4, -0.2) is 23.3 Å². The summed E-state index contributed by atoms with van der Waals surface area (Å²) >= 11 is 0. The van der Waals surface area contributed by atoms with Crippen LogP contribution in [0.1, 0.15) is 17.5 Å². The standard InChI is InChI=1S/C19H20FN3O2/c20-17-4-2-1-3-14(17)7-10-22-18(24)15-11-16(15)19(25)23-12-13-5-8-21-9-6-13/h1-6,8-9,15-16H,7,10-12H2,(H,22,24)(H,23,25). The van der Waals surface area contributed by atoms with Crippen LogP contribution >= 0.6 is 0 Å². The van der Waals surface area contributed by atoms with Gasteiger partial charge in [-0.1, -0.05) is 18.2 Å². The Morgan fingerprint density at radius 3 is 2.44 bits per heavy atom. The van der Waals surface area contributed by atoms with E-state index < -0.39 is 0 Å². The quantitative estimate of drug-likeness (QED) is 0.807. The Bertz CT molecular complexity index is 751. The highest BCUT2D eigenvalue weighted by Crippen LogP contribution is 2.38. The second-order valence-corrected chi connectivity index (χ2v) is 6.15. The molecule has 5 nitrogen and oxygen atoms in total. The zero-order valence-corrected chi connectivity index (χ0v) is 13.7. The van der Waals surface area contributed by atoms with Gasteiger partial charge in [0.1, 0.15) is 5.82 Å². The summed E-state index contributed by atoms with van der Waals surface area (Å²) in [5.74, 6) is -1.06. The molecule has 25 heavy (non-hydrogen) atoms. The fourth-order valence-electron chi connectivity index (χ4n) is 2.75. The third-order valence-electron chi connectivity index (χ3n) is 4.33. The van der Waals surface area contributed by atoms with Crippen LogP contribution in [-0.2, 0) is 22.6 Å². The minimum Gasteiger partial charge on any atom is -0.356 e. The number of benzene rings is 1. The molecule has 0 saturated heterocycles. The maximum Gasteiger partial charge on any atom is 0.224 e. The van der Waals surface area contributed by atoms with Gasteiger partial charge in [-0.25, -0.2) is 4.39 Å². The first-order chi connectivity index (χ1) is 12.1. The van der Waals surface area contributed by atoms with E-state index >= 15 is 0 Å². The number of nitrogens with one attached hydrogen (secondary N) is 2. The maximum atomic E-state index is 13.5. The predicted octanol–water partition coefficient (Wildman–Crippen LogP) is 1.83. The van der Waals surface area contributed by atoms with Gasteiger partial charge in [0.25, 0.3) is 0 Å². The zero-order chi connectivity index (χ0) is 17.6. The van der Waals surface area contributed by atoms with Crippen molar-refractivity contribution in [2.75, 3.05) is 6.54 Å². The van der Waals surface area contributed by atoms with E-state index in [0.29, 0.717) is 31.5 Å². The Hall–Kier alpha value is -2.76. The van der Waals surface area contributed by atoms with Gasteiger partial charge in [-0.3, -0.25) is 14.6 Å². The number of carbonyl (C=O) groups is 2. The second kappa shape index (κ2) is 7.88. The molecule has 1 fully saturated rings. The highest BCUT2D eigenvalue weighted by Gasteiger charge is 2.47. The van der Waals surface area contributed by atoms with Crippen LogP contribution in [0.15, 0.2) is 48.8 Å². The monoisotopic (exact) mass is 341 g/mol. The van der Waals surface area contributed by atoms with Crippen LogP contribution < -0.4 is 10.6 Å². The lowest BCUT2D eigenvalue weighted by molar-refractivity contribution is -0.127. The van der Waals surface area contributed by atoms with Gasteiger partial charge in [0.2, 0.25) is 11.8 Å². The van der Waals surface area contributed by atoms with Gasteiger partial charge in [-0.2, -0.15) is 0 Å². The first-order valence-electron chi connectivity index (χ1n) is 8.33. The summed E-state index contributed by atoms with van der Waals surface area (Å²) in [6.45, 7) is 0.793. The van der Waals surface area contributed by atoms with E-state index in [0.717, 1.165) is 5.56 Å². The topological polar surface area (TPSA) is 71.1 Å². The molecule has 1 aliphatic rings. The molecular formula is C19H20FN3O2. The number of carbonyl (C=O) groups excluding carboxylic acids is 2. The summed E-state index contributed by atoms with van der Waals surface area (Å²) in [4.78, 5) is 28.1. The summed E-state index contributed by atoms with van der Waals surface area (Å²) in [5, 5.41) is 5.62. The van der Waals surface area contributed by atoms with Crippen molar-refractivity contribution in [3.8, 4) is 0 Å². The molecule has 1 heterocycles. The zero-order valence-electron chi connectivity index (χ0n) is 13.7. The van der Waals surface area contributed by atoms with Gasteiger partial charge in [0.05, 0.1) is 11.8 Å². The third kappa shape index (κ3) is 4.62. The fourth-order valence-corrected chi connectivity index (χ4v) is 2.75. The average molecular weight is 341 g/mol. The van der Waals surface area contributed by atoms with E-state index in [2.05, 4.69) is 15.6 Å². The summed E-state index contributed by atoms with van der Waals surface area (Å²) in [5.41, 5.74) is 1.54. The van der Waals surface area contributed by atoms with E-state index in [-0.39, 0.29) is 29.5 Å². The molecule has 6 heteroatoms. The van der Waals surface area contributed by atoms with Gasteiger partial charge < -0.3 is 10.6 Å². The van der Waals surface area contributed by atoms with Crippen molar-refractivity contribution >= 4 is 11.8 Å². The van der Waals surface area contributed by atoms with E-state index in [1.165, 1.54) is 6.07 Å². The molecule has 3 rings (SSSR count). The van der Waals surface area contributed by atoms with Gasteiger partial charge >= 0.3 is 0 Å². The smallest absolute Gasteiger partial charge is 0.224 e. The van der Waals surface area contributed by atoms with Crippen LogP contribution in [0, 0.1) is 17.7 Å². The minimum absolute atomic E-state index is 0.105. The predicted molar refractivity (Wildman–Crippen MR) is 90.8 cm³/mol. The van der Waals surface area contributed by atoms with Crippen LogP contribution in [0.2, 0.25) is 0 Å². The molecule has 1 saturated carbocycles. The van der Waals surface area contributed by atoms with Crippen LogP contribution in [0.3, 0.4) is 0 Å². The van der Waals surface area contributed by atoms with Crippen molar-refractivity contribution in [1.29, 1.82) is 0 Å². The lowest BCUT2D eigenvalue weighted by Gasteiger charge is -2.07. The van der Waals surface area contributed by atoms with Crippen LogP contribution in [0.4, 0.5) is 4.39 Å². The molecule has 1 aromatic carbocycles. The Kier molecular flexibility index (Phi) is 5.38. The molecule has 1 aromatic heterocycles. The van der Waals surface area contributed by atoms with Crippen molar-refractivity contribution < 1.29 is 14.0 Å². The second-order valence-electron chi connectivity index (χ2n) is 6.15. The van der Waals surface area contributed by atoms with Gasteiger partial charge in [-0.15, -0.1) is 0 Å². The molecule has 2 amide bonds. The molecule has 130 valence electrons. The number of nitrogens with zero attached hydrogens (tertiary/aromatic N) is 1. The summed E-state index contributed by atoms with van der Waals surface area (Å²) < 4.78 is 13.5. The SMILES string of the molecule is O=C(NCCc1ccccc1F)C1CC1C(=O)NCc1ccncc1. The van der Waals surface area contributed by atoms with Crippen LogP contribution in [0.5, 0.6) is 0 Å². The Morgan fingerprint density at radius 1 is 1.04 bits per heavy atom. The molecule has 2 aromatic rings. The molecule has 2 unspecified atom stereocenters. The summed E-state index contributed by atoms with van der Waals surface area (Å²) in [6, 6.07) is 10.2. The first-order valence-corrected chi connectivity index (χ1v) is 8.33. The number of rotatable bonds is 7. The number of pyridine rings is 1. The molecule has 2 N–H and O–H groups in total. The first kappa shape index (κ1) is 17.1. The number of halogens is 1. The lowest BCUT2D eigenvalue weighted by atomic mass is 10.1. The van der Waals surface area contributed by atoms with Crippen molar-refractivity contribution in [3.63, 3.8) is 0 Å². The highest BCUT2D eigenvalue weighted by molar-refractivity contribution is 5.92. The van der Waals surface area contributed by atoms with Gasteiger partial charge in [-0.05, 0) is 42.2 Å². The molecular weight excluding hydrogens is 321 g/mol. The normalized spacial score (nSPS) is 18.4. The van der Waals surface area contributed by atoms with E-state index in [9.17, 15) is 14.0 Å². The number of hydrogen-bond acceptors (Lipinski definition) is 3. The Balaban J connectivity index is 1.38. The van der Waals surface area contributed by atoms with Crippen LogP contribution in [0.25, 0.3) is 0 Å². The Labute approximate surface area is 145 Å². The minimum atomic E-state index is -0.280. The van der Waals surface area contributed by atoms with Crippen molar-refractivity contribution in [3.05, 3.63) is 65.7 Å². The fraction of sp³-hybridized carbons (Fsp3) is 0.316. The van der Waals surface area contributed by atoms with Crippen molar-refractivity contribution in [2.45, 2.75) is 19.4 Å². The molecule has 0 radical (unpaired) electrons. The Morgan fingerprint density at radius 2 is 1.72 bits per heavy atom. The molecule has 0 aliphatic heterocycles. The summed E-state index contributed by atoms with van der Waals surface area (Å²) in [6.07, 6.45) is 4.34. The number of hydrogen-bond donors (Lipinski definition) is 2. The van der Waals surface area contributed by atoms with Crippen molar-refractivity contribution in [2.24, 2.45) is 11.8 Å². The molecule has 2 atom stereocenters. The summed E-state index contributed by atoms with van der Waals surface area (Å²) in [7, 11) is 0. The van der Waals surface area contributed by atoms with E-state index in [1.54, 1.807) is 30.6 Å². The third-order valence-corrected chi connectivity index (χ3v) is 4.33. The lowest BCUT2D eigenvalue weighted by Crippen LogP contribution is -2.31. The van der Waals surface area contributed by atoms with Gasteiger partial charge in [0, 0.05) is 25.5 Å². The largest absolute Gasteiger partial charge is 0.356 e. The maximum absolute atomic E-state index is 13.5. The van der Waals surface area contributed by atoms with Crippen molar-refractivity contribution in [1.82, 2.24) is 15.6 Å². The number of aromatic nitrogens is 1.